The summed E-state index contributed by atoms with van der Waals surface area (Å²) in [5.41, 5.74) is -0.611. The number of hydroxylamine groups is 2. The minimum absolute atomic E-state index is 0.0524. The molecule has 0 aliphatic heterocycles. The fraction of sp³-hybridized carbons (Fsp3) is 0.182. The molecule has 0 aliphatic rings. The Bertz CT molecular complexity index is 579. The van der Waals surface area contributed by atoms with Crippen molar-refractivity contribution in [2.75, 3.05) is 14.2 Å². The molecule has 0 fully saturated rings. The highest BCUT2D eigenvalue weighted by atomic mass is 19.1. The second kappa shape index (κ2) is 4.14. The van der Waals surface area contributed by atoms with E-state index in [1.54, 1.807) is 0 Å². The molecule has 0 N–H and O–H groups in total. The van der Waals surface area contributed by atoms with Crippen LogP contribution in [0.4, 0.5) is 8.78 Å². The van der Waals surface area contributed by atoms with Gasteiger partial charge >= 0.3 is 0 Å². The van der Waals surface area contributed by atoms with Gasteiger partial charge in [0.15, 0.2) is 0 Å². The van der Waals surface area contributed by atoms with E-state index in [4.69, 9.17) is 4.42 Å². The molecule has 0 aliphatic carbocycles. The maximum absolute atomic E-state index is 13.9. The smallest absolute Gasteiger partial charge is 0.283 e. The number of furan rings is 1. The summed E-state index contributed by atoms with van der Waals surface area (Å²) in [6.07, 6.45) is 1.22. The number of hydrogen-bond donors (Lipinski definition) is 0. The topological polar surface area (TPSA) is 42.7 Å². The lowest BCUT2D eigenvalue weighted by Gasteiger charge is -2.14. The van der Waals surface area contributed by atoms with Crippen molar-refractivity contribution < 1.29 is 22.8 Å². The van der Waals surface area contributed by atoms with Crippen molar-refractivity contribution >= 4 is 16.9 Å². The fourth-order valence-electron chi connectivity index (χ4n) is 1.48. The second-order valence-electron chi connectivity index (χ2n) is 3.36. The van der Waals surface area contributed by atoms with Crippen LogP contribution in [0.25, 0.3) is 11.0 Å². The molecule has 1 aromatic heterocycles. The third-order valence-corrected chi connectivity index (χ3v) is 2.42. The molecule has 0 radical (unpaired) electrons. The van der Waals surface area contributed by atoms with Gasteiger partial charge in [-0.3, -0.25) is 9.63 Å². The van der Waals surface area contributed by atoms with Gasteiger partial charge < -0.3 is 4.42 Å². The lowest BCUT2D eigenvalue weighted by atomic mass is 10.1. The Balaban J connectivity index is 2.64. The lowest BCUT2D eigenvalue weighted by molar-refractivity contribution is -0.0761. The number of nitrogens with zero attached hydrogens (tertiary/aromatic N) is 1. The van der Waals surface area contributed by atoms with E-state index in [0.29, 0.717) is 0 Å². The Morgan fingerprint density at radius 2 is 2.18 bits per heavy atom. The average Bonchev–Trinajstić information content (AvgIpc) is 2.75. The molecule has 1 aromatic carbocycles. The summed E-state index contributed by atoms with van der Waals surface area (Å²) in [5.74, 6) is -2.84. The monoisotopic (exact) mass is 241 g/mol. The quantitative estimate of drug-likeness (QED) is 0.758. The molecule has 6 heteroatoms. The molecule has 1 heterocycles. The third-order valence-electron chi connectivity index (χ3n) is 2.42. The molecule has 0 atom stereocenters. The zero-order valence-electron chi connectivity index (χ0n) is 9.16. The van der Waals surface area contributed by atoms with Crippen molar-refractivity contribution in [3.63, 3.8) is 0 Å². The van der Waals surface area contributed by atoms with Crippen LogP contribution in [-0.2, 0) is 4.84 Å². The molecule has 4 nitrogen and oxygen atoms in total. The van der Waals surface area contributed by atoms with Gasteiger partial charge in [-0.05, 0) is 6.07 Å². The Labute approximate surface area is 95.3 Å². The number of carbonyl (C=O) groups excluding carboxylic acids is 1. The van der Waals surface area contributed by atoms with Crippen LogP contribution >= 0.6 is 0 Å². The van der Waals surface area contributed by atoms with E-state index in [0.717, 1.165) is 11.1 Å². The minimum atomic E-state index is -0.987. The van der Waals surface area contributed by atoms with E-state index < -0.39 is 23.1 Å². The number of halogens is 2. The normalized spacial score (nSPS) is 10.8. The largest absolute Gasteiger partial charge is 0.464 e. The highest BCUT2D eigenvalue weighted by molar-refractivity contribution is 5.98. The van der Waals surface area contributed by atoms with Crippen molar-refractivity contribution in [3.05, 3.63) is 35.6 Å². The number of rotatable bonds is 2. The van der Waals surface area contributed by atoms with Crippen LogP contribution in [0.2, 0.25) is 0 Å². The van der Waals surface area contributed by atoms with Crippen LogP contribution in [-0.4, -0.2) is 25.1 Å². The molecule has 0 unspecified atom stereocenters. The molecule has 2 aromatic rings. The van der Waals surface area contributed by atoms with E-state index in [9.17, 15) is 13.6 Å². The average molecular weight is 241 g/mol. The highest BCUT2D eigenvalue weighted by Crippen LogP contribution is 2.25. The Morgan fingerprint density at radius 1 is 1.47 bits per heavy atom. The summed E-state index contributed by atoms with van der Waals surface area (Å²) >= 11 is 0. The van der Waals surface area contributed by atoms with E-state index in [1.807, 2.05) is 0 Å². The van der Waals surface area contributed by atoms with Crippen LogP contribution in [0, 0.1) is 11.6 Å². The van der Waals surface area contributed by atoms with Gasteiger partial charge in [-0.15, -0.1) is 0 Å². The predicted molar refractivity (Wildman–Crippen MR) is 55.2 cm³/mol. The van der Waals surface area contributed by atoms with Gasteiger partial charge in [-0.25, -0.2) is 13.8 Å². The maximum atomic E-state index is 13.9. The molecular formula is C11H9F2NO3. The van der Waals surface area contributed by atoms with Gasteiger partial charge in [0, 0.05) is 13.1 Å². The number of benzene rings is 1. The first kappa shape index (κ1) is 11.5. The lowest BCUT2D eigenvalue weighted by Crippen LogP contribution is -2.27. The number of fused-ring (bicyclic) bond motifs is 1. The summed E-state index contributed by atoms with van der Waals surface area (Å²) in [4.78, 5) is 16.3. The second-order valence-corrected chi connectivity index (χ2v) is 3.36. The molecule has 0 bridgehead atoms. The summed E-state index contributed by atoms with van der Waals surface area (Å²) in [6.45, 7) is 0. The van der Waals surface area contributed by atoms with Gasteiger partial charge in [0.25, 0.3) is 5.91 Å². The zero-order valence-corrected chi connectivity index (χ0v) is 9.16. The predicted octanol–water partition coefficient (Wildman–Crippen LogP) is 2.34. The van der Waals surface area contributed by atoms with Crippen molar-refractivity contribution in [2.24, 2.45) is 0 Å². The minimum Gasteiger partial charge on any atom is -0.464 e. The van der Waals surface area contributed by atoms with Crippen LogP contribution in [0.3, 0.4) is 0 Å². The first-order chi connectivity index (χ1) is 8.06. The molecule has 0 saturated heterocycles. The summed E-state index contributed by atoms with van der Waals surface area (Å²) in [7, 11) is 2.49. The Morgan fingerprint density at radius 3 is 2.82 bits per heavy atom. The van der Waals surface area contributed by atoms with Gasteiger partial charge in [0.1, 0.15) is 22.8 Å². The third kappa shape index (κ3) is 1.76. The molecule has 2 rings (SSSR count). The first-order valence-electron chi connectivity index (χ1n) is 4.73. The van der Waals surface area contributed by atoms with E-state index in [-0.39, 0.29) is 11.0 Å². The summed E-state index contributed by atoms with van der Waals surface area (Å²) < 4.78 is 32.4. The van der Waals surface area contributed by atoms with E-state index in [2.05, 4.69) is 4.84 Å². The van der Waals surface area contributed by atoms with Crippen LogP contribution in [0.5, 0.6) is 0 Å². The zero-order chi connectivity index (χ0) is 12.6. The number of carbonyl (C=O) groups is 1. The van der Waals surface area contributed by atoms with Crippen molar-refractivity contribution in [1.82, 2.24) is 5.06 Å². The van der Waals surface area contributed by atoms with Crippen LogP contribution in [0.15, 0.2) is 22.8 Å². The van der Waals surface area contributed by atoms with Gasteiger partial charge in [0.05, 0.1) is 18.8 Å². The highest BCUT2D eigenvalue weighted by Gasteiger charge is 2.24. The van der Waals surface area contributed by atoms with E-state index in [1.165, 1.54) is 26.5 Å². The van der Waals surface area contributed by atoms with Crippen molar-refractivity contribution in [1.29, 1.82) is 0 Å². The molecular weight excluding hydrogens is 232 g/mol. The SMILES string of the molecule is CON(C)C(=O)c1c(F)cc2occc2c1F. The molecule has 17 heavy (non-hydrogen) atoms. The van der Waals surface area contributed by atoms with Crippen molar-refractivity contribution in [3.8, 4) is 0 Å². The molecule has 90 valence electrons. The van der Waals surface area contributed by atoms with Crippen molar-refractivity contribution in [2.45, 2.75) is 0 Å². The Hall–Kier alpha value is -1.95. The van der Waals surface area contributed by atoms with E-state index >= 15 is 0 Å². The first-order valence-corrected chi connectivity index (χ1v) is 4.73. The molecule has 0 spiro atoms. The molecule has 0 saturated carbocycles. The number of hydrogen-bond acceptors (Lipinski definition) is 3. The van der Waals surface area contributed by atoms with Gasteiger partial charge in [-0.1, -0.05) is 0 Å². The fourth-order valence-corrected chi connectivity index (χ4v) is 1.48. The van der Waals surface area contributed by atoms with Gasteiger partial charge in [-0.2, -0.15) is 0 Å². The molecule has 1 amide bonds. The Kier molecular flexibility index (Phi) is 2.81. The summed E-state index contributed by atoms with van der Waals surface area (Å²) in [6, 6.07) is 2.29. The summed E-state index contributed by atoms with van der Waals surface area (Å²) in [5, 5.41) is 0.798. The van der Waals surface area contributed by atoms with Crippen LogP contribution < -0.4 is 0 Å². The number of amides is 1. The standard InChI is InChI=1S/C11H9F2NO3/c1-14(16-2)11(15)9-7(12)5-8-6(10(9)13)3-4-17-8/h3-5H,1-2H3. The van der Waals surface area contributed by atoms with Crippen LogP contribution in [0.1, 0.15) is 10.4 Å². The van der Waals surface area contributed by atoms with Gasteiger partial charge in [0.2, 0.25) is 0 Å². The maximum Gasteiger partial charge on any atom is 0.283 e.